The van der Waals surface area contributed by atoms with E-state index in [-0.39, 0.29) is 24.0 Å². The normalized spacial score (nSPS) is 19.8. The molecule has 0 radical (unpaired) electrons. The minimum Gasteiger partial charge on any atom is -0.358 e. The molecule has 3 heterocycles. The van der Waals surface area contributed by atoms with E-state index in [9.17, 15) is 22.8 Å². The summed E-state index contributed by atoms with van der Waals surface area (Å²) in [4.78, 5) is 28.8. The highest BCUT2D eigenvalue weighted by Gasteiger charge is 2.31. The number of nitrogens with zero attached hydrogens (tertiary/aromatic N) is 4. The molecule has 2 aromatic rings. The predicted octanol–water partition coefficient (Wildman–Crippen LogP) is 3.77. The summed E-state index contributed by atoms with van der Waals surface area (Å²) in [6, 6.07) is 3.53. The third-order valence-electron chi connectivity index (χ3n) is 6.04. The number of piperazine rings is 1. The van der Waals surface area contributed by atoms with E-state index in [1.165, 1.54) is 16.9 Å². The van der Waals surface area contributed by atoms with Crippen LogP contribution in [0, 0.1) is 6.92 Å². The monoisotopic (exact) mass is 484 g/mol. The van der Waals surface area contributed by atoms with Crippen LogP contribution in [0.5, 0.6) is 0 Å². The van der Waals surface area contributed by atoms with E-state index in [0.717, 1.165) is 25.0 Å². The maximum Gasteiger partial charge on any atom is 0.416 e. The summed E-state index contributed by atoms with van der Waals surface area (Å²) in [5.74, 6) is -0.212. The third kappa shape index (κ3) is 5.01. The lowest BCUT2D eigenvalue weighted by molar-refractivity contribution is -0.137. The predicted molar refractivity (Wildman–Crippen MR) is 116 cm³/mol. The molecule has 2 saturated heterocycles. The fourth-order valence-corrected chi connectivity index (χ4v) is 4.37. The van der Waals surface area contributed by atoms with Gasteiger partial charge in [0, 0.05) is 26.2 Å². The van der Waals surface area contributed by atoms with Gasteiger partial charge in [-0.3, -0.25) is 9.59 Å². The van der Waals surface area contributed by atoms with Gasteiger partial charge in [-0.05, 0) is 49.4 Å². The lowest BCUT2D eigenvalue weighted by atomic mass is 10.0. The zero-order valence-corrected chi connectivity index (χ0v) is 18.8. The zero-order chi connectivity index (χ0) is 23.8. The van der Waals surface area contributed by atoms with Crippen LogP contribution in [0.3, 0.4) is 0 Å². The van der Waals surface area contributed by atoms with Crippen molar-refractivity contribution in [3.8, 4) is 0 Å². The van der Waals surface area contributed by atoms with E-state index in [0.29, 0.717) is 42.9 Å². The number of ether oxygens (including phenoxy) is 1. The van der Waals surface area contributed by atoms with Gasteiger partial charge < -0.3 is 14.5 Å². The molecular formula is C22H24ClF3N4O3. The summed E-state index contributed by atoms with van der Waals surface area (Å²) in [6.07, 6.45) is -0.811. The molecule has 0 saturated carbocycles. The van der Waals surface area contributed by atoms with Gasteiger partial charge in [0.25, 0.3) is 5.56 Å². The molecule has 1 unspecified atom stereocenters. The summed E-state index contributed by atoms with van der Waals surface area (Å²) < 4.78 is 45.6. The lowest BCUT2D eigenvalue weighted by Crippen LogP contribution is -2.50. The first-order valence-corrected chi connectivity index (χ1v) is 11.1. The van der Waals surface area contributed by atoms with Crippen molar-refractivity contribution in [2.75, 3.05) is 31.1 Å². The topological polar surface area (TPSA) is 67.7 Å². The van der Waals surface area contributed by atoms with Crippen molar-refractivity contribution in [2.24, 2.45) is 0 Å². The quantitative estimate of drug-likeness (QED) is 0.661. The van der Waals surface area contributed by atoms with Gasteiger partial charge in [0.1, 0.15) is 5.02 Å². The van der Waals surface area contributed by atoms with Gasteiger partial charge in [-0.15, -0.1) is 0 Å². The van der Waals surface area contributed by atoms with Crippen LogP contribution in [-0.2, 0) is 22.3 Å². The molecule has 0 aliphatic carbocycles. The number of hydrogen-bond acceptors (Lipinski definition) is 5. The Morgan fingerprint density at radius 2 is 2.00 bits per heavy atom. The second-order valence-corrected chi connectivity index (χ2v) is 8.67. The fraction of sp³-hybridized carbons (Fsp3) is 0.500. The smallest absolute Gasteiger partial charge is 0.358 e. The van der Waals surface area contributed by atoms with Crippen LogP contribution >= 0.6 is 11.6 Å². The summed E-state index contributed by atoms with van der Waals surface area (Å²) >= 11 is 6.35. The Morgan fingerprint density at radius 1 is 1.21 bits per heavy atom. The molecule has 1 aromatic heterocycles. The van der Waals surface area contributed by atoms with Crippen molar-refractivity contribution in [2.45, 2.75) is 45.1 Å². The fourth-order valence-electron chi connectivity index (χ4n) is 4.11. The van der Waals surface area contributed by atoms with Crippen LogP contribution in [0.15, 0.2) is 29.2 Å². The average molecular weight is 485 g/mol. The molecule has 1 amide bonds. The number of carbonyl (C=O) groups excluding carboxylic acids is 1. The molecule has 2 fully saturated rings. The van der Waals surface area contributed by atoms with E-state index < -0.39 is 23.5 Å². The molecule has 0 bridgehead atoms. The number of halogens is 4. The number of aromatic nitrogens is 2. The number of carbonyl (C=O) groups is 1. The summed E-state index contributed by atoms with van der Waals surface area (Å²) in [6.45, 7) is 3.11. The summed E-state index contributed by atoms with van der Waals surface area (Å²) in [7, 11) is 0. The van der Waals surface area contributed by atoms with E-state index in [1.807, 2.05) is 0 Å². The van der Waals surface area contributed by atoms with E-state index in [4.69, 9.17) is 16.3 Å². The zero-order valence-electron chi connectivity index (χ0n) is 18.1. The Labute approximate surface area is 193 Å². The number of benzene rings is 1. The molecule has 1 aromatic carbocycles. The number of amides is 1. The van der Waals surface area contributed by atoms with E-state index >= 15 is 0 Å². The maximum atomic E-state index is 12.9. The van der Waals surface area contributed by atoms with Crippen molar-refractivity contribution in [3.63, 3.8) is 0 Å². The minimum atomic E-state index is -4.41. The molecule has 7 nitrogen and oxygen atoms in total. The second kappa shape index (κ2) is 9.34. The van der Waals surface area contributed by atoms with Crippen molar-refractivity contribution < 1.29 is 22.7 Å². The van der Waals surface area contributed by atoms with Gasteiger partial charge in [-0.1, -0.05) is 17.7 Å². The van der Waals surface area contributed by atoms with E-state index in [1.54, 1.807) is 16.7 Å². The van der Waals surface area contributed by atoms with Gasteiger partial charge in [0.05, 0.1) is 24.0 Å². The Morgan fingerprint density at radius 3 is 2.64 bits per heavy atom. The van der Waals surface area contributed by atoms with Crippen LogP contribution in [0.1, 0.15) is 42.2 Å². The van der Waals surface area contributed by atoms with Gasteiger partial charge >= 0.3 is 6.18 Å². The first kappa shape index (κ1) is 23.6. The highest BCUT2D eigenvalue weighted by atomic mass is 35.5. The largest absolute Gasteiger partial charge is 0.416 e. The second-order valence-electron chi connectivity index (χ2n) is 8.29. The Kier molecular flexibility index (Phi) is 6.67. The molecule has 2 aliphatic rings. The Balaban J connectivity index is 1.45. The average Bonchev–Trinajstić information content (AvgIpc) is 2.78. The van der Waals surface area contributed by atoms with Crippen molar-refractivity contribution in [3.05, 3.63) is 56.5 Å². The number of rotatable bonds is 4. The number of aryl methyl sites for hydroxylation is 1. The molecule has 178 valence electrons. The van der Waals surface area contributed by atoms with Crippen LogP contribution in [-0.4, -0.2) is 46.8 Å². The van der Waals surface area contributed by atoms with Gasteiger partial charge in [-0.2, -0.15) is 23.0 Å². The molecule has 33 heavy (non-hydrogen) atoms. The first-order chi connectivity index (χ1) is 15.6. The highest BCUT2D eigenvalue weighted by Crippen LogP contribution is 2.31. The number of anilines is 1. The van der Waals surface area contributed by atoms with Crippen LogP contribution in [0.4, 0.5) is 18.9 Å². The van der Waals surface area contributed by atoms with Crippen LogP contribution in [0.25, 0.3) is 0 Å². The molecule has 0 N–H and O–H groups in total. The third-order valence-corrected chi connectivity index (χ3v) is 6.40. The van der Waals surface area contributed by atoms with Gasteiger partial charge in [-0.25, -0.2) is 0 Å². The first-order valence-electron chi connectivity index (χ1n) is 10.7. The summed E-state index contributed by atoms with van der Waals surface area (Å²) in [5, 5.41) is 4.21. The maximum absolute atomic E-state index is 12.9. The number of alkyl halides is 3. The SMILES string of the molecule is Cc1cc(C(F)(F)F)ccc1CN1CCN(c2cnn(C3CCCCO3)c(=O)c2Cl)CC1=O. The van der Waals surface area contributed by atoms with E-state index in [2.05, 4.69) is 5.10 Å². The van der Waals surface area contributed by atoms with Crippen molar-refractivity contribution in [1.29, 1.82) is 0 Å². The molecule has 1 atom stereocenters. The standard InChI is InChI=1S/C22H24ClF3N4O3/c1-14-10-16(22(24,25)26)6-5-15(14)12-29-8-7-28(13-18(29)31)17-11-27-30(21(32)20(17)23)19-4-2-3-9-33-19/h5-6,10-11,19H,2-4,7-9,12-13H2,1H3. The molecule has 4 rings (SSSR count). The van der Waals surface area contributed by atoms with Crippen molar-refractivity contribution >= 4 is 23.2 Å². The van der Waals surface area contributed by atoms with Crippen molar-refractivity contribution in [1.82, 2.24) is 14.7 Å². The highest BCUT2D eigenvalue weighted by molar-refractivity contribution is 6.33. The lowest BCUT2D eigenvalue weighted by Gasteiger charge is -2.36. The molecule has 2 aliphatic heterocycles. The Bertz CT molecular complexity index is 1100. The summed E-state index contributed by atoms with van der Waals surface area (Å²) in [5.41, 5.74) is 0.333. The number of hydrogen-bond donors (Lipinski definition) is 0. The minimum absolute atomic E-state index is 0.00946. The van der Waals surface area contributed by atoms with Crippen LogP contribution in [0.2, 0.25) is 5.02 Å². The van der Waals surface area contributed by atoms with Crippen LogP contribution < -0.4 is 10.5 Å². The molecule has 11 heteroatoms. The van der Waals surface area contributed by atoms with Gasteiger partial charge in [0.2, 0.25) is 5.91 Å². The molecule has 0 spiro atoms. The Hall–Kier alpha value is -2.59. The molecular weight excluding hydrogens is 461 g/mol. The van der Waals surface area contributed by atoms with Gasteiger partial charge in [0.15, 0.2) is 6.23 Å².